The van der Waals surface area contributed by atoms with E-state index in [1.54, 1.807) is 13.3 Å². The molecular weight excluding hydrogens is 264 g/mol. The van der Waals surface area contributed by atoms with Crippen LogP contribution in [0.3, 0.4) is 0 Å². The first-order valence-electron chi connectivity index (χ1n) is 8.04. The molecule has 118 valence electrons. The molecule has 1 aromatic rings. The van der Waals surface area contributed by atoms with Crippen LogP contribution in [0.5, 0.6) is 5.75 Å². The Bertz CT molecular complexity index is 505. The van der Waals surface area contributed by atoms with E-state index in [2.05, 4.69) is 32.8 Å². The van der Waals surface area contributed by atoms with Crippen molar-refractivity contribution in [2.75, 3.05) is 7.11 Å². The Labute approximate surface area is 127 Å². The van der Waals surface area contributed by atoms with Crippen molar-refractivity contribution in [2.24, 2.45) is 11.8 Å². The zero-order valence-electron chi connectivity index (χ0n) is 14.0. The molecule has 1 saturated carbocycles. The normalized spacial score (nSPS) is 23.4. The average Bonchev–Trinajstić information content (AvgIpc) is 2.82. The highest BCUT2D eigenvalue weighted by atomic mass is 16.5. The number of ether oxygens (including phenoxy) is 1. The van der Waals surface area contributed by atoms with Gasteiger partial charge in [-0.15, -0.1) is 0 Å². The topological polar surface area (TPSA) is 44.1 Å². The molecule has 0 saturated heterocycles. The molecule has 2 atom stereocenters. The Morgan fingerprint density at radius 3 is 2.71 bits per heavy atom. The molecule has 1 fully saturated rings. The number of ketones is 1. The van der Waals surface area contributed by atoms with Gasteiger partial charge in [0.2, 0.25) is 0 Å². The maximum absolute atomic E-state index is 12.5. The van der Waals surface area contributed by atoms with E-state index in [0.29, 0.717) is 18.1 Å². The molecule has 1 heterocycles. The van der Waals surface area contributed by atoms with Crippen LogP contribution in [0.15, 0.2) is 6.20 Å². The summed E-state index contributed by atoms with van der Waals surface area (Å²) in [6, 6.07) is 0. The number of rotatable bonds is 5. The quantitative estimate of drug-likeness (QED) is 0.833. The van der Waals surface area contributed by atoms with Gasteiger partial charge in [0.15, 0.2) is 5.75 Å². The van der Waals surface area contributed by atoms with Crippen LogP contribution >= 0.6 is 0 Å². The van der Waals surface area contributed by atoms with E-state index in [-0.39, 0.29) is 11.3 Å². The lowest BCUT2D eigenvalue weighted by Gasteiger charge is -2.38. The van der Waals surface area contributed by atoms with Crippen LogP contribution in [0.25, 0.3) is 0 Å². The minimum Gasteiger partial charge on any atom is -0.493 e. The summed E-state index contributed by atoms with van der Waals surface area (Å²) in [4.78, 5) is 12.5. The standard InChI is InChI=1S/C17H28N2O2/c1-6-9-19-16(15(21-5)11-18-19)17(3,4)13-8-7-12(2)10-14(13)20/h11-13H,6-10H2,1-5H3. The predicted octanol–water partition coefficient (Wildman–Crippen LogP) is 3.58. The van der Waals surface area contributed by atoms with Gasteiger partial charge < -0.3 is 4.74 Å². The van der Waals surface area contributed by atoms with E-state index < -0.39 is 0 Å². The Hall–Kier alpha value is -1.32. The highest BCUT2D eigenvalue weighted by molar-refractivity contribution is 5.83. The van der Waals surface area contributed by atoms with E-state index in [1.165, 1.54) is 0 Å². The summed E-state index contributed by atoms with van der Waals surface area (Å²) >= 11 is 0. The van der Waals surface area contributed by atoms with Crippen molar-refractivity contribution >= 4 is 5.78 Å². The first-order chi connectivity index (χ1) is 9.91. The van der Waals surface area contributed by atoms with Crippen LogP contribution < -0.4 is 4.74 Å². The number of Topliss-reactive ketones (excluding diaryl/α,β-unsaturated/α-hetero) is 1. The van der Waals surface area contributed by atoms with Crippen molar-refractivity contribution < 1.29 is 9.53 Å². The molecule has 4 heteroatoms. The van der Waals surface area contributed by atoms with E-state index >= 15 is 0 Å². The fourth-order valence-electron chi connectivity index (χ4n) is 3.68. The number of hydrogen-bond acceptors (Lipinski definition) is 3. The van der Waals surface area contributed by atoms with Crippen molar-refractivity contribution in [1.29, 1.82) is 0 Å². The lowest BCUT2D eigenvalue weighted by molar-refractivity contribution is -0.128. The molecule has 0 bridgehead atoms. The monoisotopic (exact) mass is 292 g/mol. The van der Waals surface area contributed by atoms with E-state index in [0.717, 1.165) is 37.3 Å². The number of carbonyl (C=O) groups excluding carboxylic acids is 1. The molecule has 2 rings (SSSR count). The summed E-state index contributed by atoms with van der Waals surface area (Å²) in [5, 5.41) is 4.46. The van der Waals surface area contributed by atoms with Crippen LogP contribution in [-0.4, -0.2) is 22.7 Å². The second kappa shape index (κ2) is 6.20. The summed E-state index contributed by atoms with van der Waals surface area (Å²) in [5.41, 5.74) is 0.827. The zero-order chi connectivity index (χ0) is 15.6. The molecule has 1 aliphatic carbocycles. The number of aromatic nitrogens is 2. The highest BCUT2D eigenvalue weighted by Crippen LogP contribution is 2.43. The average molecular weight is 292 g/mol. The lowest BCUT2D eigenvalue weighted by atomic mass is 9.66. The van der Waals surface area contributed by atoms with Crippen molar-refractivity contribution in [3.8, 4) is 5.75 Å². The Morgan fingerprint density at radius 2 is 2.14 bits per heavy atom. The summed E-state index contributed by atoms with van der Waals surface area (Å²) in [6.45, 7) is 9.50. The largest absolute Gasteiger partial charge is 0.493 e. The van der Waals surface area contributed by atoms with E-state index in [4.69, 9.17) is 4.74 Å². The van der Waals surface area contributed by atoms with Gasteiger partial charge in [-0.1, -0.05) is 27.7 Å². The van der Waals surface area contributed by atoms with Gasteiger partial charge in [-0.05, 0) is 25.2 Å². The molecule has 0 N–H and O–H groups in total. The number of hydrogen-bond donors (Lipinski definition) is 0. The number of nitrogens with zero attached hydrogens (tertiary/aromatic N) is 2. The summed E-state index contributed by atoms with van der Waals surface area (Å²) in [6.07, 6.45) is 5.60. The van der Waals surface area contributed by atoms with Crippen molar-refractivity contribution in [3.63, 3.8) is 0 Å². The third kappa shape index (κ3) is 2.99. The SMILES string of the molecule is CCCn1ncc(OC)c1C(C)(C)C1CCC(C)CC1=O. The van der Waals surface area contributed by atoms with Crippen molar-refractivity contribution in [1.82, 2.24) is 9.78 Å². The Morgan fingerprint density at radius 1 is 1.43 bits per heavy atom. The first-order valence-corrected chi connectivity index (χ1v) is 8.04. The van der Waals surface area contributed by atoms with Gasteiger partial charge in [0.1, 0.15) is 5.78 Å². The fraction of sp³-hybridized carbons (Fsp3) is 0.765. The molecule has 21 heavy (non-hydrogen) atoms. The van der Waals surface area contributed by atoms with Crippen molar-refractivity contribution in [2.45, 2.75) is 65.3 Å². The Balaban J connectivity index is 2.38. The summed E-state index contributed by atoms with van der Waals surface area (Å²) in [7, 11) is 1.68. The second-order valence-electron chi connectivity index (χ2n) is 6.91. The van der Waals surface area contributed by atoms with Gasteiger partial charge in [-0.3, -0.25) is 9.48 Å². The molecule has 0 aliphatic heterocycles. The Kier molecular flexibility index (Phi) is 4.74. The van der Waals surface area contributed by atoms with Gasteiger partial charge in [-0.25, -0.2) is 0 Å². The maximum Gasteiger partial charge on any atom is 0.160 e. The smallest absolute Gasteiger partial charge is 0.160 e. The van der Waals surface area contributed by atoms with Crippen LogP contribution in [0.2, 0.25) is 0 Å². The van der Waals surface area contributed by atoms with Crippen LogP contribution in [0, 0.1) is 11.8 Å². The molecule has 0 radical (unpaired) electrons. The van der Waals surface area contributed by atoms with Crippen LogP contribution in [-0.2, 0) is 16.8 Å². The van der Waals surface area contributed by atoms with E-state index in [9.17, 15) is 4.79 Å². The second-order valence-corrected chi connectivity index (χ2v) is 6.91. The van der Waals surface area contributed by atoms with E-state index in [1.807, 2.05) is 4.68 Å². The minimum absolute atomic E-state index is 0.0647. The van der Waals surface area contributed by atoms with Gasteiger partial charge in [0.25, 0.3) is 0 Å². The molecule has 2 unspecified atom stereocenters. The fourth-order valence-corrected chi connectivity index (χ4v) is 3.68. The lowest BCUT2D eigenvalue weighted by Crippen LogP contribution is -2.40. The van der Waals surface area contributed by atoms with Crippen LogP contribution in [0.1, 0.15) is 59.1 Å². The molecule has 1 aliphatic rings. The van der Waals surface area contributed by atoms with Crippen molar-refractivity contribution in [3.05, 3.63) is 11.9 Å². The predicted molar refractivity (Wildman–Crippen MR) is 83.6 cm³/mol. The molecule has 1 aromatic heterocycles. The number of aryl methyl sites for hydroxylation is 1. The maximum atomic E-state index is 12.5. The first kappa shape index (κ1) is 16.1. The molecule has 0 amide bonds. The number of methoxy groups -OCH3 is 1. The van der Waals surface area contributed by atoms with Gasteiger partial charge in [0, 0.05) is 24.3 Å². The third-order valence-electron chi connectivity index (χ3n) is 4.83. The van der Waals surface area contributed by atoms with Gasteiger partial charge in [0.05, 0.1) is 19.0 Å². The van der Waals surface area contributed by atoms with Crippen LogP contribution in [0.4, 0.5) is 0 Å². The number of carbonyl (C=O) groups is 1. The molecule has 4 nitrogen and oxygen atoms in total. The highest BCUT2D eigenvalue weighted by Gasteiger charge is 2.42. The molecule has 0 spiro atoms. The zero-order valence-corrected chi connectivity index (χ0v) is 14.0. The molecular formula is C17H28N2O2. The van der Waals surface area contributed by atoms with Gasteiger partial charge in [-0.2, -0.15) is 5.10 Å². The summed E-state index contributed by atoms with van der Waals surface area (Å²) in [5.74, 6) is 1.78. The summed E-state index contributed by atoms with van der Waals surface area (Å²) < 4.78 is 7.53. The third-order valence-corrected chi connectivity index (χ3v) is 4.83. The minimum atomic E-state index is -0.242. The van der Waals surface area contributed by atoms with Gasteiger partial charge >= 0.3 is 0 Å². The molecule has 0 aromatic carbocycles.